The molecule has 12 nitrogen and oxygen atoms in total. The first-order chi connectivity index (χ1) is 23.2. The number of benzene rings is 2. The van der Waals surface area contributed by atoms with E-state index in [0.29, 0.717) is 51.6 Å². The van der Waals surface area contributed by atoms with Crippen LogP contribution in [0.25, 0.3) is 0 Å². The summed E-state index contributed by atoms with van der Waals surface area (Å²) in [5.74, 6) is -1.70. The van der Waals surface area contributed by atoms with Crippen LogP contribution < -0.4 is 4.90 Å². The third kappa shape index (κ3) is 8.53. The molecule has 2 heterocycles. The van der Waals surface area contributed by atoms with Crippen LogP contribution >= 0.6 is 0 Å². The Morgan fingerprint density at radius 2 is 1.30 bits per heavy atom. The highest BCUT2D eigenvalue weighted by Gasteiger charge is 2.45. The highest BCUT2D eigenvalue weighted by atomic mass is 32.2. The van der Waals surface area contributed by atoms with Gasteiger partial charge in [-0.05, 0) is 94.0 Å². The molecule has 0 saturated heterocycles. The van der Waals surface area contributed by atoms with Crippen molar-refractivity contribution in [1.82, 2.24) is 0 Å². The molecule has 2 aliphatic rings. The third-order valence-corrected chi connectivity index (χ3v) is 11.3. The topological polar surface area (TPSA) is 190 Å². The Hall–Kier alpha value is -3.85. The number of hydrogen-bond donors (Lipinski definition) is 4. The van der Waals surface area contributed by atoms with Crippen molar-refractivity contribution in [1.29, 1.82) is 0 Å². The minimum Gasteiger partial charge on any atom is -0.481 e. The van der Waals surface area contributed by atoms with Gasteiger partial charge in [-0.25, -0.2) is 0 Å². The van der Waals surface area contributed by atoms with Crippen LogP contribution in [0, 0.1) is 0 Å². The summed E-state index contributed by atoms with van der Waals surface area (Å²) in [4.78, 5) is 23.8. The SMILES string of the molecule is CC(=C\C1=[N+](CCCCCC(=O)O)c2ccc(S(=O)(=O)O)cc2C1(C)C)/C=C1/N(CCCCCC(=O)O)c2ccc(S(=O)(=O)O)cc2C1(C)C. The molecule has 0 fully saturated rings. The lowest BCUT2D eigenvalue weighted by molar-refractivity contribution is -0.438. The van der Waals surface area contributed by atoms with E-state index in [1.807, 2.05) is 46.8 Å². The normalized spacial score (nSPS) is 17.7. The summed E-state index contributed by atoms with van der Waals surface area (Å²) in [6, 6.07) is 9.09. The summed E-state index contributed by atoms with van der Waals surface area (Å²) < 4.78 is 70.0. The lowest BCUT2D eigenvalue weighted by Crippen LogP contribution is -2.29. The molecule has 14 heteroatoms. The number of nitrogens with zero attached hydrogens (tertiary/aromatic N) is 2. The smallest absolute Gasteiger partial charge is 0.303 e. The molecule has 272 valence electrons. The number of aliphatic carboxylic acids is 2. The molecule has 50 heavy (non-hydrogen) atoms. The Labute approximate surface area is 294 Å². The molecule has 0 aliphatic carbocycles. The van der Waals surface area contributed by atoms with Crippen LogP contribution in [0.3, 0.4) is 0 Å². The molecule has 2 aromatic rings. The predicted molar refractivity (Wildman–Crippen MR) is 190 cm³/mol. The lowest BCUT2D eigenvalue weighted by Gasteiger charge is -2.27. The van der Waals surface area contributed by atoms with Gasteiger partial charge < -0.3 is 15.1 Å². The first kappa shape index (κ1) is 38.9. The van der Waals surface area contributed by atoms with Crippen molar-refractivity contribution < 1.29 is 50.3 Å². The van der Waals surface area contributed by atoms with Gasteiger partial charge in [-0.3, -0.25) is 18.7 Å². The van der Waals surface area contributed by atoms with E-state index in [1.54, 1.807) is 12.1 Å². The van der Waals surface area contributed by atoms with Crippen LogP contribution in [0.5, 0.6) is 0 Å². The van der Waals surface area contributed by atoms with Crippen molar-refractivity contribution in [2.75, 3.05) is 18.0 Å². The molecular formula is C36H47N2O10S2+. The summed E-state index contributed by atoms with van der Waals surface area (Å²) >= 11 is 0. The Morgan fingerprint density at radius 3 is 1.86 bits per heavy atom. The molecule has 2 aromatic carbocycles. The zero-order chi connectivity index (χ0) is 37.2. The molecule has 0 atom stereocenters. The highest BCUT2D eigenvalue weighted by molar-refractivity contribution is 7.86. The van der Waals surface area contributed by atoms with Gasteiger partial charge in [0.25, 0.3) is 20.2 Å². The van der Waals surface area contributed by atoms with Crippen molar-refractivity contribution in [3.05, 3.63) is 70.9 Å². The minimum absolute atomic E-state index is 0.0723. The molecule has 4 N–H and O–H groups in total. The Kier molecular flexibility index (Phi) is 11.5. The number of rotatable bonds is 16. The van der Waals surface area contributed by atoms with Gasteiger partial charge in [0.2, 0.25) is 5.69 Å². The first-order valence-corrected chi connectivity index (χ1v) is 19.5. The molecule has 2 aliphatic heterocycles. The number of fused-ring (bicyclic) bond motifs is 2. The fraction of sp³-hybridized carbons (Fsp3) is 0.472. The Bertz CT molecular complexity index is 1990. The summed E-state index contributed by atoms with van der Waals surface area (Å²) in [5, 5.41) is 18.1. The van der Waals surface area contributed by atoms with Crippen LogP contribution in [0.4, 0.5) is 11.4 Å². The lowest BCUT2D eigenvalue weighted by atomic mass is 9.80. The van der Waals surface area contributed by atoms with Gasteiger partial charge in [-0.15, -0.1) is 0 Å². The number of carboxylic acids is 2. The van der Waals surface area contributed by atoms with E-state index in [1.165, 1.54) is 24.3 Å². The number of carbonyl (C=O) groups is 2. The van der Waals surface area contributed by atoms with Crippen molar-refractivity contribution in [3.8, 4) is 0 Å². The standard InChI is InChI=1S/C36H46N2O10S2/c1-24(20-31-35(2,3)27-22-25(49(43,44)45)14-16-29(27)37(31)18-10-6-8-12-33(39)40)21-32-36(4,5)28-23-26(50(46,47)48)15-17-30(28)38(32)19-11-7-9-13-34(41)42/h14-17,20-23H,6-13,18-19H2,1-5H3,(H3-,39,40,41,42,43,44,45,46,47,48)/p+1. The molecule has 0 amide bonds. The molecule has 0 unspecified atom stereocenters. The molecule has 0 aromatic heterocycles. The van der Waals surface area contributed by atoms with Gasteiger partial charge in [-0.1, -0.05) is 20.3 Å². The van der Waals surface area contributed by atoms with Crippen LogP contribution in [0.2, 0.25) is 0 Å². The van der Waals surface area contributed by atoms with Gasteiger partial charge in [-0.2, -0.15) is 21.4 Å². The van der Waals surface area contributed by atoms with Gasteiger partial charge in [0, 0.05) is 60.3 Å². The van der Waals surface area contributed by atoms with Crippen LogP contribution in [-0.2, 0) is 40.7 Å². The molecule has 0 bridgehead atoms. The van der Waals surface area contributed by atoms with E-state index in [9.17, 15) is 35.5 Å². The average Bonchev–Trinajstić information content (AvgIpc) is 3.33. The van der Waals surface area contributed by atoms with Crippen LogP contribution in [0.1, 0.15) is 97.1 Å². The summed E-state index contributed by atoms with van der Waals surface area (Å²) in [5.41, 5.74) is 4.29. The minimum atomic E-state index is -4.45. The van der Waals surface area contributed by atoms with E-state index >= 15 is 0 Å². The third-order valence-electron chi connectivity index (χ3n) is 9.60. The second-order valence-corrected chi connectivity index (χ2v) is 16.9. The number of allylic oxidation sites excluding steroid dienone is 4. The second-order valence-electron chi connectivity index (χ2n) is 14.1. The zero-order valence-electron chi connectivity index (χ0n) is 29.1. The van der Waals surface area contributed by atoms with Gasteiger partial charge in [0.15, 0.2) is 5.71 Å². The molecule has 0 spiro atoms. The summed E-state index contributed by atoms with van der Waals surface area (Å²) in [6.07, 6.45) is 8.00. The van der Waals surface area contributed by atoms with Crippen molar-refractivity contribution >= 4 is 49.3 Å². The van der Waals surface area contributed by atoms with E-state index in [0.717, 1.165) is 39.5 Å². The number of anilines is 1. The first-order valence-electron chi connectivity index (χ1n) is 16.7. The maximum Gasteiger partial charge on any atom is 0.303 e. The summed E-state index contributed by atoms with van der Waals surface area (Å²) in [6.45, 7) is 11.0. The van der Waals surface area contributed by atoms with Crippen molar-refractivity contribution in [3.63, 3.8) is 0 Å². The maximum absolute atomic E-state index is 12.1. The van der Waals surface area contributed by atoms with Crippen molar-refractivity contribution in [2.24, 2.45) is 0 Å². The number of unbranched alkanes of at least 4 members (excludes halogenated alkanes) is 4. The molecule has 0 saturated carbocycles. The van der Waals surface area contributed by atoms with E-state index < -0.39 is 43.0 Å². The van der Waals surface area contributed by atoms with Crippen molar-refractivity contribution in [2.45, 2.75) is 107 Å². The second kappa shape index (κ2) is 14.8. The quantitative estimate of drug-likeness (QED) is 0.0841. The Morgan fingerprint density at radius 1 is 0.760 bits per heavy atom. The monoisotopic (exact) mass is 731 g/mol. The highest BCUT2D eigenvalue weighted by Crippen LogP contribution is 2.49. The molecular weight excluding hydrogens is 685 g/mol. The van der Waals surface area contributed by atoms with Gasteiger partial charge in [0.1, 0.15) is 6.54 Å². The number of carboxylic acid groups (broad SMARTS) is 2. The van der Waals surface area contributed by atoms with E-state index in [-0.39, 0.29) is 22.6 Å². The van der Waals surface area contributed by atoms with Crippen LogP contribution in [-0.4, -0.2) is 71.5 Å². The van der Waals surface area contributed by atoms with Gasteiger partial charge in [0.05, 0.1) is 15.2 Å². The van der Waals surface area contributed by atoms with E-state index in [4.69, 9.17) is 10.2 Å². The van der Waals surface area contributed by atoms with Gasteiger partial charge >= 0.3 is 11.9 Å². The summed E-state index contributed by atoms with van der Waals surface area (Å²) in [7, 11) is -8.90. The predicted octanol–water partition coefficient (Wildman–Crippen LogP) is 6.47. The molecule has 0 radical (unpaired) electrons. The molecule has 4 rings (SSSR count). The van der Waals surface area contributed by atoms with Crippen LogP contribution in [0.15, 0.2) is 69.6 Å². The average molecular weight is 732 g/mol. The largest absolute Gasteiger partial charge is 0.481 e. The Balaban J connectivity index is 1.79. The maximum atomic E-state index is 12.1. The van der Waals surface area contributed by atoms with E-state index in [2.05, 4.69) is 9.48 Å². The zero-order valence-corrected chi connectivity index (χ0v) is 30.8. The fourth-order valence-electron chi connectivity index (χ4n) is 6.95. The number of hydrogen-bond acceptors (Lipinski definition) is 7. The fourth-order valence-corrected chi connectivity index (χ4v) is 7.96.